The molecule has 0 radical (unpaired) electrons. The maximum atomic E-state index is 13.2. The van der Waals surface area contributed by atoms with E-state index >= 15 is 0 Å². The van der Waals surface area contributed by atoms with E-state index in [9.17, 15) is 19.2 Å². The van der Waals surface area contributed by atoms with E-state index in [1.54, 1.807) is 20.8 Å². The fourth-order valence-corrected chi connectivity index (χ4v) is 4.85. The summed E-state index contributed by atoms with van der Waals surface area (Å²) in [5.74, 6) is -2.39. The number of carbonyl (C=O) groups is 4. The Morgan fingerprint density at radius 1 is 0.923 bits per heavy atom. The first-order chi connectivity index (χ1) is 18.4. The normalized spacial score (nSPS) is 11.0. The Labute approximate surface area is 235 Å². The highest BCUT2D eigenvalue weighted by Crippen LogP contribution is 2.40. The van der Waals surface area contributed by atoms with Crippen molar-refractivity contribution in [3.05, 3.63) is 69.6 Å². The molecule has 39 heavy (non-hydrogen) atoms. The van der Waals surface area contributed by atoms with Gasteiger partial charge in [0.1, 0.15) is 29.4 Å². The summed E-state index contributed by atoms with van der Waals surface area (Å²) in [6.07, 6.45) is 0. The lowest BCUT2D eigenvalue weighted by Gasteiger charge is -2.20. The average molecular weight is 573 g/mol. The zero-order chi connectivity index (χ0) is 28.7. The standard InChI is InChI=1S/C28H29ClN2O7S/c1-16-23(17-9-7-6-8-10-17)24(27(35)38-28(2,3)4)25(39-16)31-22(33)15-37-14-21(32)30-20-12-11-18(29)13-19(20)26(34)36-5/h6-13H,14-15H2,1-5H3,(H,30,32)(H,31,33). The molecule has 0 bridgehead atoms. The van der Waals surface area contributed by atoms with Gasteiger partial charge in [0.15, 0.2) is 0 Å². The van der Waals surface area contributed by atoms with Crippen LogP contribution >= 0.6 is 22.9 Å². The average Bonchev–Trinajstić information content (AvgIpc) is 3.19. The minimum atomic E-state index is -0.740. The third kappa shape index (κ3) is 8.13. The van der Waals surface area contributed by atoms with Crippen LogP contribution in [0.1, 0.15) is 46.4 Å². The number of amides is 2. The van der Waals surface area contributed by atoms with E-state index in [1.165, 1.54) is 36.6 Å². The van der Waals surface area contributed by atoms with Gasteiger partial charge in [-0.3, -0.25) is 9.59 Å². The second-order valence-corrected chi connectivity index (χ2v) is 11.0. The molecule has 3 aromatic rings. The van der Waals surface area contributed by atoms with Crippen LogP contribution < -0.4 is 10.6 Å². The number of anilines is 2. The monoisotopic (exact) mass is 572 g/mol. The molecule has 0 aliphatic heterocycles. The largest absolute Gasteiger partial charge is 0.465 e. The second kappa shape index (κ2) is 12.9. The van der Waals surface area contributed by atoms with Crippen LogP contribution in [0.5, 0.6) is 0 Å². The molecular formula is C28H29ClN2O7S. The van der Waals surface area contributed by atoms with Crippen LogP contribution in [0.25, 0.3) is 11.1 Å². The Balaban J connectivity index is 1.69. The maximum Gasteiger partial charge on any atom is 0.342 e. The van der Waals surface area contributed by atoms with Crippen molar-refractivity contribution in [2.45, 2.75) is 33.3 Å². The first-order valence-corrected chi connectivity index (χ1v) is 13.1. The number of esters is 2. The molecule has 0 saturated heterocycles. The van der Waals surface area contributed by atoms with Gasteiger partial charge in [-0.2, -0.15) is 0 Å². The van der Waals surface area contributed by atoms with E-state index in [1.807, 2.05) is 37.3 Å². The van der Waals surface area contributed by atoms with E-state index in [0.717, 1.165) is 10.4 Å². The molecule has 11 heteroatoms. The Morgan fingerprint density at radius 3 is 2.18 bits per heavy atom. The van der Waals surface area contributed by atoms with Gasteiger partial charge in [-0.1, -0.05) is 41.9 Å². The molecule has 1 heterocycles. The molecule has 206 valence electrons. The first kappa shape index (κ1) is 29.8. The van der Waals surface area contributed by atoms with Crippen molar-refractivity contribution in [2.75, 3.05) is 31.0 Å². The second-order valence-electron chi connectivity index (χ2n) is 9.38. The van der Waals surface area contributed by atoms with Gasteiger partial charge in [-0.25, -0.2) is 9.59 Å². The Bertz CT molecular complexity index is 1380. The maximum absolute atomic E-state index is 13.2. The SMILES string of the molecule is COC(=O)c1cc(Cl)ccc1NC(=O)COCC(=O)Nc1sc(C)c(-c2ccccc2)c1C(=O)OC(C)(C)C. The number of ether oxygens (including phenoxy) is 3. The predicted molar refractivity (Wildman–Crippen MR) is 151 cm³/mol. The Hall–Kier alpha value is -3.73. The topological polar surface area (TPSA) is 120 Å². The summed E-state index contributed by atoms with van der Waals surface area (Å²) in [6.45, 7) is 6.24. The third-order valence-electron chi connectivity index (χ3n) is 5.13. The summed E-state index contributed by atoms with van der Waals surface area (Å²) in [5, 5.41) is 5.87. The molecule has 2 aromatic carbocycles. The van der Waals surface area contributed by atoms with Crippen molar-refractivity contribution in [3.63, 3.8) is 0 Å². The third-order valence-corrected chi connectivity index (χ3v) is 6.39. The van der Waals surface area contributed by atoms with Crippen LogP contribution in [0.3, 0.4) is 0 Å². The number of methoxy groups -OCH3 is 1. The number of thiophene rings is 1. The van der Waals surface area contributed by atoms with E-state index in [0.29, 0.717) is 15.6 Å². The summed E-state index contributed by atoms with van der Waals surface area (Å²) in [5.41, 5.74) is 1.27. The van der Waals surface area contributed by atoms with Gasteiger partial charge >= 0.3 is 11.9 Å². The summed E-state index contributed by atoms with van der Waals surface area (Å²) in [7, 11) is 1.21. The van der Waals surface area contributed by atoms with Crippen molar-refractivity contribution in [1.82, 2.24) is 0 Å². The van der Waals surface area contributed by atoms with Gasteiger partial charge in [0.05, 0.1) is 18.4 Å². The van der Waals surface area contributed by atoms with Crippen molar-refractivity contribution in [3.8, 4) is 11.1 Å². The molecule has 3 rings (SSSR count). The van der Waals surface area contributed by atoms with Crippen LogP contribution in [0.15, 0.2) is 48.5 Å². The zero-order valence-corrected chi connectivity index (χ0v) is 23.7. The molecule has 1 aromatic heterocycles. The molecule has 0 unspecified atom stereocenters. The quantitative estimate of drug-likeness (QED) is 0.315. The van der Waals surface area contributed by atoms with Gasteiger partial charge < -0.3 is 24.8 Å². The van der Waals surface area contributed by atoms with Gasteiger partial charge in [0, 0.05) is 15.5 Å². The summed E-state index contributed by atoms with van der Waals surface area (Å²) in [6, 6.07) is 13.7. The number of nitrogens with one attached hydrogen (secondary N) is 2. The van der Waals surface area contributed by atoms with Crippen molar-refractivity contribution >= 4 is 57.4 Å². The van der Waals surface area contributed by atoms with E-state index in [2.05, 4.69) is 10.6 Å². The van der Waals surface area contributed by atoms with Crippen LogP contribution in [0, 0.1) is 6.92 Å². The fourth-order valence-electron chi connectivity index (χ4n) is 3.60. The van der Waals surface area contributed by atoms with Crippen molar-refractivity contribution in [2.24, 2.45) is 0 Å². The molecule has 0 fully saturated rings. The molecule has 9 nitrogen and oxygen atoms in total. The molecule has 0 spiro atoms. The number of hydrogen-bond acceptors (Lipinski definition) is 8. The molecule has 0 aliphatic carbocycles. The first-order valence-electron chi connectivity index (χ1n) is 11.9. The zero-order valence-electron chi connectivity index (χ0n) is 22.2. The number of aryl methyl sites for hydroxylation is 1. The number of benzene rings is 2. The highest BCUT2D eigenvalue weighted by Gasteiger charge is 2.28. The van der Waals surface area contributed by atoms with Crippen LogP contribution in [-0.4, -0.2) is 49.7 Å². The lowest BCUT2D eigenvalue weighted by Crippen LogP contribution is -2.26. The van der Waals surface area contributed by atoms with E-state index in [-0.39, 0.29) is 16.8 Å². The predicted octanol–water partition coefficient (Wildman–Crippen LogP) is 5.71. The lowest BCUT2D eigenvalue weighted by atomic mass is 10.0. The van der Waals surface area contributed by atoms with Gasteiger partial charge in [-0.05, 0) is 51.5 Å². The fraction of sp³-hybridized carbons (Fsp3) is 0.286. The summed E-state index contributed by atoms with van der Waals surface area (Å²) < 4.78 is 15.6. The number of carbonyl (C=O) groups excluding carboxylic acids is 4. The molecule has 0 atom stereocenters. The van der Waals surface area contributed by atoms with Gasteiger partial charge in [0.2, 0.25) is 5.91 Å². The Morgan fingerprint density at radius 2 is 1.56 bits per heavy atom. The molecule has 0 aliphatic rings. The number of hydrogen-bond donors (Lipinski definition) is 2. The van der Waals surface area contributed by atoms with Crippen molar-refractivity contribution < 1.29 is 33.4 Å². The molecular weight excluding hydrogens is 544 g/mol. The number of rotatable bonds is 9. The molecule has 2 amide bonds. The molecule has 2 N–H and O–H groups in total. The highest BCUT2D eigenvalue weighted by molar-refractivity contribution is 7.17. The van der Waals surface area contributed by atoms with Crippen LogP contribution in [0.2, 0.25) is 5.02 Å². The summed E-state index contributed by atoms with van der Waals surface area (Å²) in [4.78, 5) is 51.0. The van der Waals surface area contributed by atoms with Crippen molar-refractivity contribution in [1.29, 1.82) is 0 Å². The van der Waals surface area contributed by atoms with Gasteiger partial charge in [-0.15, -0.1) is 11.3 Å². The number of halogens is 1. The highest BCUT2D eigenvalue weighted by atomic mass is 35.5. The minimum Gasteiger partial charge on any atom is -0.465 e. The van der Waals surface area contributed by atoms with E-state index in [4.69, 9.17) is 25.8 Å². The van der Waals surface area contributed by atoms with E-state index < -0.39 is 42.6 Å². The van der Waals surface area contributed by atoms with Gasteiger partial charge in [0.25, 0.3) is 5.91 Å². The Kier molecular flexibility index (Phi) is 9.85. The minimum absolute atomic E-state index is 0.0769. The summed E-state index contributed by atoms with van der Waals surface area (Å²) >= 11 is 7.18. The van der Waals surface area contributed by atoms with Crippen LogP contribution in [-0.2, 0) is 23.8 Å². The molecule has 0 saturated carbocycles. The lowest BCUT2D eigenvalue weighted by molar-refractivity contribution is -0.125. The smallest absolute Gasteiger partial charge is 0.342 e. The van der Waals surface area contributed by atoms with Crippen LogP contribution in [0.4, 0.5) is 10.7 Å².